The maximum Gasteiger partial charge on any atom is 0.238 e. The summed E-state index contributed by atoms with van der Waals surface area (Å²) in [6, 6.07) is 13.0. The van der Waals surface area contributed by atoms with Gasteiger partial charge in [0, 0.05) is 36.4 Å². The average Bonchev–Trinajstić information content (AvgIpc) is 2.67. The summed E-state index contributed by atoms with van der Waals surface area (Å²) in [6.45, 7) is 0.137. The van der Waals surface area contributed by atoms with Crippen LogP contribution >= 0.6 is 0 Å². The molecular formula is C19H18N4O4S. The summed E-state index contributed by atoms with van der Waals surface area (Å²) in [7, 11) is -3.98. The average molecular weight is 398 g/mol. The number of amides is 1. The molecular weight excluding hydrogens is 380 g/mol. The van der Waals surface area contributed by atoms with E-state index in [1.54, 1.807) is 42.9 Å². The third-order valence-electron chi connectivity index (χ3n) is 3.69. The third kappa shape index (κ3) is 5.60. The number of sulfonamides is 1. The minimum atomic E-state index is -3.98. The van der Waals surface area contributed by atoms with Crippen LogP contribution in [0, 0.1) is 0 Å². The Bertz CT molecular complexity index is 1060. The maximum atomic E-state index is 12.3. The number of hydrogen-bond donors (Lipinski definition) is 2. The number of carbonyl (C=O) groups is 1. The van der Waals surface area contributed by atoms with E-state index >= 15 is 0 Å². The highest BCUT2D eigenvalue weighted by atomic mass is 32.2. The number of nitrogens with two attached hydrogens (primary N) is 1. The fourth-order valence-electron chi connectivity index (χ4n) is 2.43. The minimum absolute atomic E-state index is 0.0948. The first kappa shape index (κ1) is 19.5. The van der Waals surface area contributed by atoms with E-state index in [0.29, 0.717) is 5.69 Å². The van der Waals surface area contributed by atoms with E-state index in [9.17, 15) is 13.2 Å². The Labute approximate surface area is 162 Å². The number of pyridine rings is 2. The van der Waals surface area contributed by atoms with Crippen LogP contribution in [0.15, 0.2) is 72.0 Å². The number of primary sulfonamides is 1. The summed E-state index contributed by atoms with van der Waals surface area (Å²) in [6.07, 6.45) is 4.92. The molecule has 9 heteroatoms. The van der Waals surface area contributed by atoms with E-state index in [2.05, 4.69) is 15.3 Å². The van der Waals surface area contributed by atoms with Crippen molar-refractivity contribution in [2.45, 2.75) is 17.9 Å². The highest BCUT2D eigenvalue weighted by molar-refractivity contribution is 7.89. The van der Waals surface area contributed by atoms with Crippen molar-refractivity contribution < 1.29 is 17.9 Å². The fourth-order valence-corrected chi connectivity index (χ4v) is 3.00. The van der Waals surface area contributed by atoms with Crippen molar-refractivity contribution >= 4 is 21.6 Å². The molecule has 3 N–H and O–H groups in total. The lowest BCUT2D eigenvalue weighted by atomic mass is 10.2. The normalized spacial score (nSPS) is 11.0. The Hall–Kier alpha value is -3.30. The Morgan fingerprint density at radius 2 is 1.96 bits per heavy atom. The molecule has 144 valence electrons. The van der Waals surface area contributed by atoms with Crippen LogP contribution in [0.2, 0.25) is 0 Å². The predicted octanol–water partition coefficient (Wildman–Crippen LogP) is 1.88. The molecule has 8 nitrogen and oxygen atoms in total. The first-order valence-electron chi connectivity index (χ1n) is 8.29. The third-order valence-corrected chi connectivity index (χ3v) is 4.59. The molecule has 0 aliphatic carbocycles. The van der Waals surface area contributed by atoms with Crippen molar-refractivity contribution in [2.24, 2.45) is 5.14 Å². The fraction of sp³-hybridized carbons (Fsp3) is 0.105. The van der Waals surface area contributed by atoms with Crippen LogP contribution in [0.1, 0.15) is 11.3 Å². The summed E-state index contributed by atoms with van der Waals surface area (Å²) in [4.78, 5) is 20.2. The molecule has 1 aromatic carbocycles. The minimum Gasteiger partial charge on any atom is -0.487 e. The Morgan fingerprint density at radius 3 is 2.64 bits per heavy atom. The van der Waals surface area contributed by atoms with Crippen LogP contribution in [0.25, 0.3) is 0 Å². The number of benzene rings is 1. The number of hydrogen-bond acceptors (Lipinski definition) is 6. The molecule has 2 heterocycles. The highest BCUT2D eigenvalue weighted by Gasteiger charge is 2.14. The first-order chi connectivity index (χ1) is 13.4. The van der Waals surface area contributed by atoms with Crippen LogP contribution < -0.4 is 15.2 Å². The first-order valence-corrected chi connectivity index (χ1v) is 9.84. The molecule has 0 saturated carbocycles. The lowest BCUT2D eigenvalue weighted by Crippen LogP contribution is -2.16. The number of aromatic nitrogens is 2. The second-order valence-corrected chi connectivity index (χ2v) is 7.50. The summed E-state index contributed by atoms with van der Waals surface area (Å²) >= 11 is 0. The molecule has 28 heavy (non-hydrogen) atoms. The highest BCUT2D eigenvalue weighted by Crippen LogP contribution is 2.24. The van der Waals surface area contributed by atoms with Gasteiger partial charge in [-0.25, -0.2) is 13.6 Å². The molecule has 3 rings (SSSR count). The standard InChI is InChI=1S/C19H18N4O4S/c20-28(25,26)18-10-16(23-19(24)8-14-4-3-6-21-12-14)9-17(11-18)27-13-15-5-1-2-7-22-15/h1-7,9-12H,8,13H2,(H,23,24)(H2,20,25,26). The molecule has 0 radical (unpaired) electrons. The number of nitrogens with one attached hydrogen (secondary N) is 1. The van der Waals surface area contributed by atoms with Gasteiger partial charge < -0.3 is 10.1 Å². The van der Waals surface area contributed by atoms with Gasteiger partial charge in [0.25, 0.3) is 0 Å². The van der Waals surface area contributed by atoms with Gasteiger partial charge in [-0.2, -0.15) is 0 Å². The largest absolute Gasteiger partial charge is 0.487 e. The summed E-state index contributed by atoms with van der Waals surface area (Å²) in [5, 5.41) is 7.90. The van der Waals surface area contributed by atoms with Crippen LogP contribution in [0.5, 0.6) is 5.75 Å². The van der Waals surface area contributed by atoms with E-state index in [4.69, 9.17) is 9.88 Å². The topological polar surface area (TPSA) is 124 Å². The SMILES string of the molecule is NS(=O)(=O)c1cc(NC(=O)Cc2cccnc2)cc(OCc2ccccn2)c1. The molecule has 0 spiro atoms. The molecule has 0 fully saturated rings. The molecule has 0 unspecified atom stereocenters. The van der Waals surface area contributed by atoms with Crippen molar-refractivity contribution in [1.82, 2.24) is 9.97 Å². The molecule has 3 aromatic rings. The van der Waals surface area contributed by atoms with Crippen molar-refractivity contribution in [1.29, 1.82) is 0 Å². The number of anilines is 1. The zero-order valence-corrected chi connectivity index (χ0v) is 15.6. The van der Waals surface area contributed by atoms with Gasteiger partial charge in [-0.15, -0.1) is 0 Å². The molecule has 0 aliphatic rings. The quantitative estimate of drug-likeness (QED) is 0.626. The van der Waals surface area contributed by atoms with E-state index in [-0.39, 0.29) is 35.3 Å². The molecule has 1 amide bonds. The van der Waals surface area contributed by atoms with Gasteiger partial charge in [0.05, 0.1) is 17.0 Å². The molecule has 0 saturated heterocycles. The van der Waals surface area contributed by atoms with Gasteiger partial charge in [0.1, 0.15) is 12.4 Å². The van der Waals surface area contributed by atoms with Crippen molar-refractivity contribution in [3.63, 3.8) is 0 Å². The lowest BCUT2D eigenvalue weighted by Gasteiger charge is -2.11. The van der Waals surface area contributed by atoms with Crippen LogP contribution in [0.3, 0.4) is 0 Å². The molecule has 0 aliphatic heterocycles. The summed E-state index contributed by atoms with van der Waals surface area (Å²) in [5.41, 5.74) is 1.66. The van der Waals surface area contributed by atoms with Crippen LogP contribution in [-0.4, -0.2) is 24.3 Å². The number of ether oxygens (including phenoxy) is 1. The van der Waals surface area contributed by atoms with Gasteiger partial charge in [-0.1, -0.05) is 12.1 Å². The Kier molecular flexibility index (Phi) is 5.97. The summed E-state index contributed by atoms with van der Waals surface area (Å²) in [5.74, 6) is -0.0795. The van der Waals surface area contributed by atoms with Crippen molar-refractivity contribution in [3.05, 3.63) is 78.4 Å². The van der Waals surface area contributed by atoms with E-state index in [1.165, 1.54) is 18.2 Å². The van der Waals surface area contributed by atoms with Crippen LogP contribution in [-0.2, 0) is 27.8 Å². The van der Waals surface area contributed by atoms with Crippen LogP contribution in [0.4, 0.5) is 5.69 Å². The van der Waals surface area contributed by atoms with Crippen molar-refractivity contribution in [2.75, 3.05) is 5.32 Å². The zero-order valence-electron chi connectivity index (χ0n) is 14.8. The lowest BCUT2D eigenvalue weighted by molar-refractivity contribution is -0.115. The van der Waals surface area contributed by atoms with E-state index < -0.39 is 10.0 Å². The van der Waals surface area contributed by atoms with Gasteiger partial charge in [0.2, 0.25) is 15.9 Å². The van der Waals surface area contributed by atoms with Gasteiger partial charge in [-0.3, -0.25) is 14.8 Å². The van der Waals surface area contributed by atoms with Crippen molar-refractivity contribution in [3.8, 4) is 5.75 Å². The zero-order chi connectivity index (χ0) is 20.0. The summed E-state index contributed by atoms with van der Waals surface area (Å²) < 4.78 is 29.2. The van der Waals surface area contributed by atoms with E-state index in [0.717, 1.165) is 5.56 Å². The van der Waals surface area contributed by atoms with E-state index in [1.807, 2.05) is 6.07 Å². The second-order valence-electron chi connectivity index (χ2n) is 5.93. The number of carbonyl (C=O) groups excluding carboxylic acids is 1. The Balaban J connectivity index is 1.78. The number of rotatable bonds is 7. The van der Waals surface area contributed by atoms with Gasteiger partial charge in [-0.05, 0) is 29.8 Å². The monoisotopic (exact) mass is 398 g/mol. The van der Waals surface area contributed by atoms with Gasteiger partial charge >= 0.3 is 0 Å². The smallest absolute Gasteiger partial charge is 0.238 e. The maximum absolute atomic E-state index is 12.3. The van der Waals surface area contributed by atoms with Gasteiger partial charge in [0.15, 0.2) is 0 Å². The molecule has 0 atom stereocenters. The molecule has 2 aromatic heterocycles. The number of nitrogens with zero attached hydrogens (tertiary/aromatic N) is 2. The Morgan fingerprint density at radius 1 is 1.11 bits per heavy atom. The predicted molar refractivity (Wildman–Crippen MR) is 103 cm³/mol. The molecule has 0 bridgehead atoms. The second kappa shape index (κ2) is 8.59.